The Kier molecular flexibility index (Phi) is 7.68. The van der Waals surface area contributed by atoms with Crippen LogP contribution in [-0.4, -0.2) is 48.0 Å². The minimum absolute atomic E-state index is 0.120. The molecule has 0 radical (unpaired) electrons. The minimum Gasteiger partial charge on any atom is -0.490 e. The van der Waals surface area contributed by atoms with E-state index < -0.39 is 11.9 Å². The number of anilines is 1. The molecule has 34 heavy (non-hydrogen) atoms. The first-order valence-electron chi connectivity index (χ1n) is 10.7. The molecule has 0 unspecified atom stereocenters. The maximum Gasteiger partial charge on any atom is 0.344 e. The Balaban J connectivity index is 1.80. The van der Waals surface area contributed by atoms with Crippen molar-refractivity contribution in [3.05, 3.63) is 59.2 Å². The number of aromatic carboxylic acids is 1. The van der Waals surface area contributed by atoms with Gasteiger partial charge in [0.1, 0.15) is 0 Å². The third-order valence-electron chi connectivity index (χ3n) is 4.71. The Labute approximate surface area is 197 Å². The molecule has 0 fully saturated rings. The molecule has 0 aliphatic carbocycles. The highest BCUT2D eigenvalue weighted by Crippen LogP contribution is 2.31. The van der Waals surface area contributed by atoms with Gasteiger partial charge >= 0.3 is 11.9 Å². The highest BCUT2D eigenvalue weighted by molar-refractivity contribution is 6.32. The normalized spacial score (nSPS) is 14.4. The summed E-state index contributed by atoms with van der Waals surface area (Å²) in [5.74, 6) is -1.06. The van der Waals surface area contributed by atoms with Crippen molar-refractivity contribution in [2.24, 2.45) is 5.10 Å². The summed E-state index contributed by atoms with van der Waals surface area (Å²) in [5, 5.41) is 14.6. The van der Waals surface area contributed by atoms with E-state index >= 15 is 0 Å². The van der Waals surface area contributed by atoms with Gasteiger partial charge in [-0.15, -0.1) is 0 Å². The summed E-state index contributed by atoms with van der Waals surface area (Å²) in [6.45, 7) is 7.19. The summed E-state index contributed by atoms with van der Waals surface area (Å²) in [7, 11) is 0. The molecule has 2 aromatic carbocycles. The van der Waals surface area contributed by atoms with Gasteiger partial charge in [-0.2, -0.15) is 10.1 Å². The Morgan fingerprint density at radius 1 is 1.09 bits per heavy atom. The average Bonchev–Trinajstić information content (AvgIpc) is 3.06. The molecule has 0 atom stereocenters. The van der Waals surface area contributed by atoms with Crippen LogP contribution in [0.3, 0.4) is 0 Å². The zero-order chi connectivity index (χ0) is 24.8. The van der Waals surface area contributed by atoms with Gasteiger partial charge in [0, 0.05) is 0 Å². The zero-order valence-corrected chi connectivity index (χ0v) is 19.4. The summed E-state index contributed by atoms with van der Waals surface area (Å²) in [4.78, 5) is 35.8. The average molecular weight is 466 g/mol. The van der Waals surface area contributed by atoms with Gasteiger partial charge in [0.25, 0.3) is 5.91 Å². The fourth-order valence-corrected chi connectivity index (χ4v) is 3.21. The lowest BCUT2D eigenvalue weighted by Gasteiger charge is -2.14. The number of carbonyl (C=O) groups excluding carboxylic acids is 2. The van der Waals surface area contributed by atoms with Gasteiger partial charge in [-0.25, -0.2) is 9.59 Å². The van der Waals surface area contributed by atoms with Crippen LogP contribution in [0, 0.1) is 0 Å². The molecule has 9 nitrogen and oxygen atoms in total. The van der Waals surface area contributed by atoms with Gasteiger partial charge in [0.05, 0.1) is 35.2 Å². The topological polar surface area (TPSA) is 115 Å². The summed E-state index contributed by atoms with van der Waals surface area (Å²) in [6.07, 6.45) is 1.45. The Morgan fingerprint density at radius 3 is 2.41 bits per heavy atom. The van der Waals surface area contributed by atoms with Gasteiger partial charge in [0.15, 0.2) is 18.1 Å². The number of nitrogens with zero attached hydrogens (tertiary/aromatic N) is 2. The van der Waals surface area contributed by atoms with E-state index in [2.05, 4.69) is 5.10 Å². The molecule has 0 aromatic heterocycles. The van der Waals surface area contributed by atoms with Crippen molar-refractivity contribution < 1.29 is 33.7 Å². The van der Waals surface area contributed by atoms with Gasteiger partial charge in [-0.3, -0.25) is 4.79 Å². The number of hydrazone groups is 1. The lowest BCUT2D eigenvalue weighted by molar-refractivity contribution is -0.149. The molecule has 1 amide bonds. The van der Waals surface area contributed by atoms with Gasteiger partial charge in [-0.05, 0) is 75.7 Å². The lowest BCUT2D eigenvalue weighted by atomic mass is 10.1. The van der Waals surface area contributed by atoms with Crippen molar-refractivity contribution in [3.8, 4) is 11.5 Å². The van der Waals surface area contributed by atoms with Crippen LogP contribution in [0.15, 0.2) is 53.1 Å². The van der Waals surface area contributed by atoms with Gasteiger partial charge < -0.3 is 19.3 Å². The molecule has 1 N–H and O–H groups in total. The molecule has 0 spiro atoms. The van der Waals surface area contributed by atoms with E-state index in [0.717, 1.165) is 0 Å². The number of ether oxygens (including phenoxy) is 3. The van der Waals surface area contributed by atoms with Crippen molar-refractivity contribution in [2.45, 2.75) is 33.8 Å². The van der Waals surface area contributed by atoms with Crippen molar-refractivity contribution in [3.63, 3.8) is 0 Å². The van der Waals surface area contributed by atoms with Gasteiger partial charge in [-0.1, -0.05) is 6.07 Å². The number of hydrogen-bond donors (Lipinski definition) is 1. The van der Waals surface area contributed by atoms with Crippen LogP contribution in [0.1, 0.15) is 43.6 Å². The predicted octanol–water partition coefficient (Wildman–Crippen LogP) is 3.92. The van der Waals surface area contributed by atoms with Crippen molar-refractivity contribution >= 4 is 35.3 Å². The minimum atomic E-state index is -1.05. The number of rotatable bonds is 9. The standard InChI is InChI=1S/C25H26N2O7/c1-5-32-22-13-17(6-11-21(22)33-14-23(28)34-15(2)3)12-20-16(4)26-27(24(20)29)19-9-7-18(8-10-19)25(30)31/h6-13,15H,5,14H2,1-4H3,(H,30,31)/b20-12+. The molecular formula is C25H26N2O7. The molecule has 178 valence electrons. The van der Waals surface area contributed by atoms with Crippen LogP contribution in [-0.2, 0) is 14.3 Å². The molecular weight excluding hydrogens is 440 g/mol. The van der Waals surface area contributed by atoms with Crippen LogP contribution in [0.25, 0.3) is 6.08 Å². The zero-order valence-electron chi connectivity index (χ0n) is 19.4. The van der Waals surface area contributed by atoms with E-state index in [1.165, 1.54) is 29.3 Å². The van der Waals surface area contributed by atoms with E-state index in [0.29, 0.717) is 40.6 Å². The van der Waals surface area contributed by atoms with Crippen LogP contribution in [0.4, 0.5) is 5.69 Å². The number of carboxylic acids is 1. The lowest BCUT2D eigenvalue weighted by Crippen LogP contribution is -2.21. The monoisotopic (exact) mass is 466 g/mol. The number of carboxylic acid groups (broad SMARTS) is 1. The second-order valence-electron chi connectivity index (χ2n) is 7.68. The number of esters is 1. The SMILES string of the molecule is CCOc1cc(/C=C2/C(=O)N(c3ccc(C(=O)O)cc3)N=C2C)ccc1OCC(=O)OC(C)C. The second-order valence-corrected chi connectivity index (χ2v) is 7.68. The summed E-state index contributed by atoms with van der Waals surface area (Å²) < 4.78 is 16.3. The maximum absolute atomic E-state index is 13.0. The number of benzene rings is 2. The van der Waals surface area contributed by atoms with Crippen LogP contribution in [0.2, 0.25) is 0 Å². The van der Waals surface area contributed by atoms with E-state index in [-0.39, 0.29) is 24.2 Å². The molecule has 3 rings (SSSR count). The molecule has 0 saturated heterocycles. The molecule has 2 aromatic rings. The van der Waals surface area contributed by atoms with Crippen molar-refractivity contribution in [1.82, 2.24) is 0 Å². The smallest absolute Gasteiger partial charge is 0.344 e. The summed E-state index contributed by atoms with van der Waals surface area (Å²) in [6, 6.07) is 11.0. The molecule has 1 aliphatic heterocycles. The number of hydrogen-bond acceptors (Lipinski definition) is 7. The third-order valence-corrected chi connectivity index (χ3v) is 4.71. The van der Waals surface area contributed by atoms with E-state index in [1.54, 1.807) is 45.0 Å². The highest BCUT2D eigenvalue weighted by atomic mass is 16.6. The van der Waals surface area contributed by atoms with Crippen LogP contribution in [0.5, 0.6) is 11.5 Å². The number of carbonyl (C=O) groups is 3. The van der Waals surface area contributed by atoms with Crippen molar-refractivity contribution in [1.29, 1.82) is 0 Å². The van der Waals surface area contributed by atoms with E-state index in [9.17, 15) is 14.4 Å². The Bertz CT molecular complexity index is 1150. The van der Waals surface area contributed by atoms with Gasteiger partial charge in [0.2, 0.25) is 0 Å². The summed E-state index contributed by atoms with van der Waals surface area (Å²) in [5.41, 5.74) is 2.17. The number of amides is 1. The fourth-order valence-electron chi connectivity index (χ4n) is 3.21. The molecule has 9 heteroatoms. The Hall–Kier alpha value is -4.14. The van der Waals surface area contributed by atoms with Crippen LogP contribution >= 0.6 is 0 Å². The molecule has 0 bridgehead atoms. The molecule has 1 aliphatic rings. The second kappa shape index (κ2) is 10.7. The van der Waals surface area contributed by atoms with Crippen LogP contribution < -0.4 is 14.5 Å². The predicted molar refractivity (Wildman–Crippen MR) is 126 cm³/mol. The maximum atomic E-state index is 13.0. The first-order chi connectivity index (χ1) is 16.2. The third kappa shape index (κ3) is 5.80. The van der Waals surface area contributed by atoms with E-state index in [4.69, 9.17) is 19.3 Å². The van der Waals surface area contributed by atoms with Crippen molar-refractivity contribution in [2.75, 3.05) is 18.2 Å². The molecule has 0 saturated carbocycles. The fraction of sp³-hybridized carbons (Fsp3) is 0.280. The quantitative estimate of drug-likeness (QED) is 0.440. The Morgan fingerprint density at radius 2 is 1.79 bits per heavy atom. The first-order valence-corrected chi connectivity index (χ1v) is 10.7. The summed E-state index contributed by atoms with van der Waals surface area (Å²) >= 11 is 0. The highest BCUT2D eigenvalue weighted by Gasteiger charge is 2.29. The van der Waals surface area contributed by atoms with E-state index in [1.807, 2.05) is 6.92 Å². The molecule has 1 heterocycles. The first kappa shape index (κ1) is 24.5. The largest absolute Gasteiger partial charge is 0.490 e.